The molecule has 0 aromatic rings. The van der Waals surface area contributed by atoms with Gasteiger partial charge in [0.2, 0.25) is 0 Å². The van der Waals surface area contributed by atoms with Gasteiger partial charge in [-0.05, 0) is 28.8 Å². The van der Waals surface area contributed by atoms with E-state index in [4.69, 9.17) is 0 Å². The second kappa shape index (κ2) is 10.6. The average molecular weight is 282 g/mol. The Morgan fingerprint density at radius 2 is 1.90 bits per heavy atom. The normalized spacial score (nSPS) is 8.60. The number of halogens is 2. The van der Waals surface area contributed by atoms with Crippen LogP contribution in [0, 0.1) is 0 Å². The average Bonchev–Trinajstić information content (AvgIpc) is 1.80. The maximum absolute atomic E-state index is 10.3. The third-order valence-electron chi connectivity index (χ3n) is 1.01. The summed E-state index contributed by atoms with van der Waals surface area (Å²) in [4.78, 5) is 10.3. The smallest absolute Gasteiger partial charge is 1.00 e. The molecular formula is C6H11Br2NaO. The van der Waals surface area contributed by atoms with Crippen LogP contribution in [0.3, 0.4) is 0 Å². The van der Waals surface area contributed by atoms with Crippen molar-refractivity contribution in [2.24, 2.45) is 0 Å². The van der Waals surface area contributed by atoms with Crippen molar-refractivity contribution in [2.45, 2.75) is 25.7 Å². The summed E-state index contributed by atoms with van der Waals surface area (Å²) in [5.74, 6) is 0. The molecule has 0 aliphatic rings. The van der Waals surface area contributed by atoms with Gasteiger partial charge >= 0.3 is 29.6 Å². The Hall–Kier alpha value is 1.63. The fourth-order valence-corrected chi connectivity index (χ4v) is 1.21. The molecule has 0 saturated heterocycles. The maximum Gasteiger partial charge on any atom is 1.00 e. The third kappa shape index (κ3) is 12.3. The van der Waals surface area contributed by atoms with Gasteiger partial charge in [0.05, 0.1) is 0 Å². The Kier molecular flexibility index (Phi) is 15.1. The molecule has 0 heterocycles. The number of unbranched alkanes of at least 4 members (excludes halogenated alkanes) is 2. The minimum atomic E-state index is 0. The van der Waals surface area contributed by atoms with Crippen LogP contribution in [0.4, 0.5) is 0 Å². The standard InChI is InChI=1S/C6H10Br2O.Na.H/c7-5-3-1-2-4-6(8)9;;/h1-5H2;;/q;+1;-1. The molecule has 10 heavy (non-hydrogen) atoms. The van der Waals surface area contributed by atoms with Crippen molar-refractivity contribution < 1.29 is 35.8 Å². The number of alkyl halides is 1. The van der Waals surface area contributed by atoms with Crippen molar-refractivity contribution in [3.63, 3.8) is 0 Å². The van der Waals surface area contributed by atoms with Gasteiger partial charge in [-0.3, -0.25) is 4.79 Å². The summed E-state index contributed by atoms with van der Waals surface area (Å²) in [6, 6.07) is 0. The van der Waals surface area contributed by atoms with Gasteiger partial charge in [-0.25, -0.2) is 0 Å². The number of carbonyl (C=O) groups excluding carboxylic acids is 1. The summed E-state index contributed by atoms with van der Waals surface area (Å²) in [6.07, 6.45) is 3.99. The van der Waals surface area contributed by atoms with Crippen molar-refractivity contribution in [3.05, 3.63) is 0 Å². The SMILES string of the molecule is O=C(Br)CCCCCBr.[H-].[Na+]. The first-order chi connectivity index (χ1) is 4.27. The van der Waals surface area contributed by atoms with E-state index in [9.17, 15) is 4.79 Å². The van der Waals surface area contributed by atoms with Gasteiger partial charge < -0.3 is 1.43 Å². The first-order valence-corrected chi connectivity index (χ1v) is 4.93. The van der Waals surface area contributed by atoms with E-state index < -0.39 is 0 Å². The van der Waals surface area contributed by atoms with Crippen molar-refractivity contribution >= 4 is 36.6 Å². The van der Waals surface area contributed by atoms with Crippen LogP contribution >= 0.6 is 31.9 Å². The van der Waals surface area contributed by atoms with Gasteiger partial charge in [0.15, 0.2) is 4.69 Å². The third-order valence-corrected chi connectivity index (χ3v) is 1.96. The molecule has 0 unspecified atom stereocenters. The molecule has 0 aromatic carbocycles. The second-order valence-electron chi connectivity index (χ2n) is 1.85. The molecule has 0 saturated carbocycles. The van der Waals surface area contributed by atoms with Gasteiger partial charge in [-0.2, -0.15) is 0 Å². The zero-order chi connectivity index (χ0) is 7.11. The van der Waals surface area contributed by atoms with Gasteiger partial charge in [0.1, 0.15) is 0 Å². The minimum Gasteiger partial charge on any atom is -1.00 e. The van der Waals surface area contributed by atoms with Crippen LogP contribution in [0.5, 0.6) is 0 Å². The molecule has 0 spiro atoms. The molecule has 0 atom stereocenters. The minimum absolute atomic E-state index is 0. The van der Waals surface area contributed by atoms with Crippen LogP contribution in [0.2, 0.25) is 0 Å². The van der Waals surface area contributed by atoms with Gasteiger partial charge in [-0.15, -0.1) is 0 Å². The van der Waals surface area contributed by atoms with Gasteiger partial charge in [-0.1, -0.05) is 22.4 Å². The van der Waals surface area contributed by atoms with E-state index in [2.05, 4.69) is 31.9 Å². The van der Waals surface area contributed by atoms with Crippen molar-refractivity contribution in [1.82, 2.24) is 0 Å². The molecule has 0 fully saturated rings. The number of hydrogen-bond donors (Lipinski definition) is 0. The molecule has 0 aliphatic heterocycles. The molecule has 0 radical (unpaired) electrons. The first-order valence-electron chi connectivity index (χ1n) is 3.01. The zero-order valence-corrected chi connectivity index (χ0v) is 11.4. The molecule has 0 amide bonds. The monoisotopic (exact) mass is 280 g/mol. The van der Waals surface area contributed by atoms with E-state index >= 15 is 0 Å². The fourth-order valence-electron chi connectivity index (χ4n) is 0.535. The predicted octanol–water partition coefficient (Wildman–Crippen LogP) is -0.0203. The maximum atomic E-state index is 10.3. The molecule has 0 bridgehead atoms. The van der Waals surface area contributed by atoms with E-state index in [0.717, 1.165) is 18.2 Å². The Bertz CT molecular complexity index is 92.7. The van der Waals surface area contributed by atoms with E-state index in [1.165, 1.54) is 6.42 Å². The molecule has 56 valence electrons. The van der Waals surface area contributed by atoms with E-state index in [1.54, 1.807) is 0 Å². The topological polar surface area (TPSA) is 17.1 Å². The molecule has 0 aliphatic carbocycles. The van der Waals surface area contributed by atoms with Crippen LogP contribution in [0.15, 0.2) is 0 Å². The van der Waals surface area contributed by atoms with E-state index in [-0.39, 0.29) is 35.7 Å². The quantitative estimate of drug-likeness (QED) is 0.300. The molecule has 4 heteroatoms. The number of rotatable bonds is 5. The molecular weight excluding hydrogens is 271 g/mol. The van der Waals surface area contributed by atoms with E-state index in [1.807, 2.05) is 0 Å². The van der Waals surface area contributed by atoms with Crippen molar-refractivity contribution in [1.29, 1.82) is 0 Å². The van der Waals surface area contributed by atoms with Gasteiger partial charge in [0, 0.05) is 11.8 Å². The molecule has 0 aromatic heterocycles. The second-order valence-corrected chi connectivity index (χ2v) is 3.53. The van der Waals surface area contributed by atoms with Crippen molar-refractivity contribution in [2.75, 3.05) is 5.33 Å². The fraction of sp³-hybridized carbons (Fsp3) is 0.833. The Labute approximate surface area is 102 Å². The number of hydrogen-bond acceptors (Lipinski definition) is 1. The summed E-state index contributed by atoms with van der Waals surface area (Å²) in [7, 11) is 0. The van der Waals surface area contributed by atoms with Crippen LogP contribution in [-0.4, -0.2) is 10.0 Å². The summed E-state index contributed by atoms with van der Waals surface area (Å²) in [5, 5.41) is 1.05. The predicted molar refractivity (Wildman–Crippen MR) is 47.3 cm³/mol. The largest absolute Gasteiger partial charge is 1.00 e. The molecule has 0 N–H and O–H groups in total. The zero-order valence-electron chi connectivity index (χ0n) is 7.20. The molecule has 1 nitrogen and oxygen atoms in total. The number of carbonyl (C=O) groups is 1. The Balaban J connectivity index is -0.000000320. The summed E-state index contributed by atoms with van der Waals surface area (Å²) in [5.41, 5.74) is 0. The van der Waals surface area contributed by atoms with Gasteiger partial charge in [0.25, 0.3) is 0 Å². The van der Waals surface area contributed by atoms with E-state index in [0.29, 0.717) is 6.42 Å². The van der Waals surface area contributed by atoms with Crippen LogP contribution in [-0.2, 0) is 4.79 Å². The Morgan fingerprint density at radius 3 is 2.30 bits per heavy atom. The summed E-state index contributed by atoms with van der Waals surface area (Å²) in [6.45, 7) is 0. The summed E-state index contributed by atoms with van der Waals surface area (Å²) >= 11 is 6.20. The first kappa shape index (κ1) is 14.2. The molecule has 0 rings (SSSR count). The Morgan fingerprint density at radius 1 is 1.30 bits per heavy atom. The van der Waals surface area contributed by atoms with Crippen LogP contribution in [0.1, 0.15) is 27.1 Å². The summed E-state index contributed by atoms with van der Waals surface area (Å²) < 4.78 is 0.122. The van der Waals surface area contributed by atoms with Crippen LogP contribution < -0.4 is 29.6 Å². The van der Waals surface area contributed by atoms with Crippen LogP contribution in [0.25, 0.3) is 0 Å². The van der Waals surface area contributed by atoms with Crippen molar-refractivity contribution in [3.8, 4) is 0 Å².